The van der Waals surface area contributed by atoms with Gasteiger partial charge < -0.3 is 11.5 Å². The predicted octanol–water partition coefficient (Wildman–Crippen LogP) is 8.34. The van der Waals surface area contributed by atoms with Crippen LogP contribution in [0, 0.1) is 13.8 Å². The van der Waals surface area contributed by atoms with E-state index < -0.39 is 0 Å². The first-order chi connectivity index (χ1) is 17.4. The predicted molar refractivity (Wildman–Crippen MR) is 156 cm³/mol. The molecule has 0 aliphatic heterocycles. The van der Waals surface area contributed by atoms with Crippen molar-refractivity contribution in [3.63, 3.8) is 0 Å². The molecule has 4 aromatic rings. The summed E-state index contributed by atoms with van der Waals surface area (Å²) in [7, 11) is 0. The lowest BCUT2D eigenvalue weighted by molar-refractivity contribution is 0.769. The van der Waals surface area contributed by atoms with Crippen LogP contribution >= 0.6 is 0 Å². The molecule has 2 atom stereocenters. The molecule has 2 unspecified atom stereocenters. The van der Waals surface area contributed by atoms with Crippen LogP contribution in [0.4, 0.5) is 11.4 Å². The first-order valence-corrected chi connectivity index (χ1v) is 13.3. The standard InChI is InChI=1S/C34H40N2/c1-5-31(33-19-17-29(35)21-23(33)3)27-13-9-25(10-14-27)7-8-26-11-15-28(16-12-26)32(6-2)34-20-18-30(36)22-24(34)4/h9-22,31-32H,5-8,35-36H2,1-4H3. The lowest BCUT2D eigenvalue weighted by atomic mass is 9.85. The normalized spacial score (nSPS) is 12.9. The van der Waals surface area contributed by atoms with Crippen molar-refractivity contribution in [2.75, 3.05) is 11.5 Å². The molecule has 4 N–H and O–H groups in total. The van der Waals surface area contributed by atoms with Crippen molar-refractivity contribution in [3.05, 3.63) is 129 Å². The Hall–Kier alpha value is -3.52. The Morgan fingerprint density at radius 2 is 0.889 bits per heavy atom. The smallest absolute Gasteiger partial charge is 0.0316 e. The number of anilines is 2. The third-order valence-corrected chi connectivity index (χ3v) is 7.62. The Morgan fingerprint density at radius 1 is 0.528 bits per heavy atom. The van der Waals surface area contributed by atoms with Gasteiger partial charge in [-0.25, -0.2) is 0 Å². The van der Waals surface area contributed by atoms with Crippen molar-refractivity contribution in [1.29, 1.82) is 0 Å². The Kier molecular flexibility index (Phi) is 8.15. The summed E-state index contributed by atoms with van der Waals surface area (Å²) in [4.78, 5) is 0. The van der Waals surface area contributed by atoms with Crippen LogP contribution in [0.25, 0.3) is 0 Å². The van der Waals surface area contributed by atoms with Gasteiger partial charge in [-0.1, -0.05) is 74.5 Å². The molecule has 0 heterocycles. The van der Waals surface area contributed by atoms with E-state index >= 15 is 0 Å². The molecule has 186 valence electrons. The quantitative estimate of drug-likeness (QED) is 0.239. The minimum atomic E-state index is 0.406. The van der Waals surface area contributed by atoms with Gasteiger partial charge in [0.1, 0.15) is 0 Å². The van der Waals surface area contributed by atoms with Crippen LogP contribution in [0.5, 0.6) is 0 Å². The van der Waals surface area contributed by atoms with E-state index in [2.05, 4.69) is 100 Å². The Morgan fingerprint density at radius 3 is 1.19 bits per heavy atom. The largest absolute Gasteiger partial charge is 0.399 e. The molecular weight excluding hydrogens is 436 g/mol. The van der Waals surface area contributed by atoms with Crippen LogP contribution in [0.3, 0.4) is 0 Å². The molecule has 0 amide bonds. The van der Waals surface area contributed by atoms with Gasteiger partial charge in [-0.2, -0.15) is 0 Å². The van der Waals surface area contributed by atoms with Gasteiger partial charge in [0, 0.05) is 23.2 Å². The van der Waals surface area contributed by atoms with Gasteiger partial charge in [0.25, 0.3) is 0 Å². The molecule has 2 nitrogen and oxygen atoms in total. The second kappa shape index (κ2) is 11.5. The average Bonchev–Trinajstić information content (AvgIpc) is 2.87. The lowest BCUT2D eigenvalue weighted by Crippen LogP contribution is -2.04. The fourth-order valence-electron chi connectivity index (χ4n) is 5.57. The van der Waals surface area contributed by atoms with E-state index in [4.69, 9.17) is 11.5 Å². The van der Waals surface area contributed by atoms with Gasteiger partial charge in [0.15, 0.2) is 0 Å². The number of aryl methyl sites for hydroxylation is 4. The van der Waals surface area contributed by atoms with Crippen molar-refractivity contribution < 1.29 is 0 Å². The molecule has 36 heavy (non-hydrogen) atoms. The molecule has 0 spiro atoms. The van der Waals surface area contributed by atoms with Crippen molar-refractivity contribution in [2.45, 2.75) is 65.2 Å². The monoisotopic (exact) mass is 476 g/mol. The average molecular weight is 477 g/mol. The Bertz CT molecular complexity index is 1180. The molecule has 0 radical (unpaired) electrons. The lowest BCUT2D eigenvalue weighted by Gasteiger charge is -2.19. The maximum absolute atomic E-state index is 5.97. The minimum Gasteiger partial charge on any atom is -0.399 e. The fourth-order valence-corrected chi connectivity index (χ4v) is 5.57. The number of benzene rings is 4. The van der Waals surface area contributed by atoms with Crippen molar-refractivity contribution in [1.82, 2.24) is 0 Å². The molecular formula is C34H40N2. The molecule has 4 aromatic carbocycles. The summed E-state index contributed by atoms with van der Waals surface area (Å²) in [5.74, 6) is 0.812. The van der Waals surface area contributed by atoms with E-state index in [1.165, 1.54) is 44.5 Å². The molecule has 0 aliphatic rings. The second-order valence-corrected chi connectivity index (χ2v) is 10.1. The van der Waals surface area contributed by atoms with Gasteiger partial charge in [0.05, 0.1) is 0 Å². The first-order valence-electron chi connectivity index (χ1n) is 13.3. The third kappa shape index (κ3) is 5.82. The van der Waals surface area contributed by atoms with Gasteiger partial charge >= 0.3 is 0 Å². The molecule has 0 saturated heterocycles. The number of nitrogens with two attached hydrogens (primary N) is 2. The van der Waals surface area contributed by atoms with Crippen LogP contribution in [0.1, 0.15) is 83.0 Å². The molecule has 0 saturated carbocycles. The number of hydrogen-bond donors (Lipinski definition) is 2. The van der Waals surface area contributed by atoms with E-state index in [1.807, 2.05) is 12.1 Å². The summed E-state index contributed by atoms with van der Waals surface area (Å²) in [5, 5.41) is 0. The van der Waals surface area contributed by atoms with Crippen LogP contribution in [-0.2, 0) is 12.8 Å². The maximum Gasteiger partial charge on any atom is 0.0316 e. The molecule has 4 rings (SSSR count). The third-order valence-electron chi connectivity index (χ3n) is 7.62. The summed E-state index contributed by atoms with van der Waals surface area (Å²) < 4.78 is 0. The highest BCUT2D eigenvalue weighted by molar-refractivity contribution is 5.49. The molecule has 2 heteroatoms. The molecule has 0 aromatic heterocycles. The summed E-state index contributed by atoms with van der Waals surface area (Å²) in [6, 6.07) is 31.0. The number of rotatable bonds is 9. The highest BCUT2D eigenvalue weighted by Crippen LogP contribution is 2.33. The van der Waals surface area contributed by atoms with Crippen molar-refractivity contribution in [2.24, 2.45) is 0 Å². The van der Waals surface area contributed by atoms with E-state index in [-0.39, 0.29) is 0 Å². The van der Waals surface area contributed by atoms with E-state index in [0.717, 1.165) is 37.1 Å². The van der Waals surface area contributed by atoms with Gasteiger partial charge in [-0.3, -0.25) is 0 Å². The van der Waals surface area contributed by atoms with Crippen LogP contribution in [0.2, 0.25) is 0 Å². The summed E-state index contributed by atoms with van der Waals surface area (Å²) in [5.41, 5.74) is 24.4. The van der Waals surface area contributed by atoms with Gasteiger partial charge in [0.2, 0.25) is 0 Å². The Balaban J connectivity index is 1.41. The van der Waals surface area contributed by atoms with Crippen molar-refractivity contribution in [3.8, 4) is 0 Å². The number of hydrogen-bond acceptors (Lipinski definition) is 2. The highest BCUT2D eigenvalue weighted by atomic mass is 14.5. The summed E-state index contributed by atoms with van der Waals surface area (Å²) >= 11 is 0. The minimum absolute atomic E-state index is 0.406. The molecule has 0 aliphatic carbocycles. The highest BCUT2D eigenvalue weighted by Gasteiger charge is 2.16. The first kappa shape index (κ1) is 25.6. The van der Waals surface area contributed by atoms with Crippen LogP contribution in [-0.4, -0.2) is 0 Å². The van der Waals surface area contributed by atoms with E-state index in [1.54, 1.807) is 0 Å². The van der Waals surface area contributed by atoms with E-state index in [0.29, 0.717) is 11.8 Å². The maximum atomic E-state index is 5.97. The molecule has 0 bridgehead atoms. The topological polar surface area (TPSA) is 52.0 Å². The fraction of sp³-hybridized carbons (Fsp3) is 0.294. The SMILES string of the molecule is CCC(c1ccc(CCc2ccc(C(CC)c3ccc(N)cc3C)cc2)cc1)c1ccc(N)cc1C. The Labute approximate surface area is 217 Å². The zero-order valence-corrected chi connectivity index (χ0v) is 22.2. The van der Waals surface area contributed by atoms with Crippen LogP contribution in [0.15, 0.2) is 84.9 Å². The zero-order valence-electron chi connectivity index (χ0n) is 22.2. The summed E-state index contributed by atoms with van der Waals surface area (Å²) in [6.07, 6.45) is 4.24. The number of nitrogen functional groups attached to an aromatic ring is 2. The zero-order chi connectivity index (χ0) is 25.7. The van der Waals surface area contributed by atoms with Crippen molar-refractivity contribution >= 4 is 11.4 Å². The van der Waals surface area contributed by atoms with E-state index in [9.17, 15) is 0 Å². The van der Waals surface area contributed by atoms with Gasteiger partial charge in [-0.05, 0) is 108 Å². The second-order valence-electron chi connectivity index (χ2n) is 10.1. The summed E-state index contributed by atoms with van der Waals surface area (Å²) in [6.45, 7) is 8.84. The molecule has 0 fully saturated rings. The van der Waals surface area contributed by atoms with Gasteiger partial charge in [-0.15, -0.1) is 0 Å². The van der Waals surface area contributed by atoms with Crippen LogP contribution < -0.4 is 11.5 Å².